The molecule has 0 saturated heterocycles. The number of hydrogen-bond acceptors (Lipinski definition) is 3. The molecule has 0 saturated carbocycles. The third-order valence-corrected chi connectivity index (χ3v) is 4.02. The van der Waals surface area contributed by atoms with E-state index >= 15 is 0 Å². The summed E-state index contributed by atoms with van der Waals surface area (Å²) in [7, 11) is 1.65. The molecular weight excluding hydrogens is 477 g/mol. The van der Waals surface area contributed by atoms with Crippen LogP contribution in [0.2, 0.25) is 0 Å². The molecule has 2 aromatic carbocycles. The summed E-state index contributed by atoms with van der Waals surface area (Å²) in [4.78, 5) is 8.60. The van der Waals surface area contributed by atoms with E-state index in [1.807, 2.05) is 30.3 Å². The molecule has 0 amide bonds. The highest BCUT2D eigenvalue weighted by molar-refractivity contribution is 14.0. The zero-order chi connectivity index (χ0) is 19.1. The van der Waals surface area contributed by atoms with Crippen LogP contribution in [0.4, 0.5) is 8.78 Å². The number of ether oxygens (including phenoxy) is 1. The Morgan fingerprint density at radius 1 is 1.00 bits per heavy atom. The number of fused-ring (bicyclic) bond motifs is 1. The Morgan fingerprint density at radius 3 is 2.43 bits per heavy atom. The number of nitrogens with one attached hydrogen (secondary N) is 2. The average molecular weight is 498 g/mol. The van der Waals surface area contributed by atoms with Gasteiger partial charge in [-0.15, -0.1) is 24.0 Å². The Labute approximate surface area is 179 Å². The van der Waals surface area contributed by atoms with E-state index < -0.39 is 6.61 Å². The zero-order valence-electron chi connectivity index (χ0n) is 15.2. The molecule has 0 spiro atoms. The summed E-state index contributed by atoms with van der Waals surface area (Å²) in [6.07, 6.45) is 1.76. The van der Waals surface area contributed by atoms with Crippen LogP contribution in [0, 0.1) is 0 Å². The molecule has 0 aliphatic rings. The highest BCUT2D eigenvalue weighted by Gasteiger charge is 2.10. The highest BCUT2D eigenvalue weighted by Crippen LogP contribution is 2.20. The maximum absolute atomic E-state index is 12.5. The minimum Gasteiger partial charge on any atom is -0.434 e. The molecule has 0 aliphatic carbocycles. The fraction of sp³-hybridized carbons (Fsp3) is 0.200. The Hall–Kier alpha value is -2.49. The van der Waals surface area contributed by atoms with Crippen molar-refractivity contribution in [2.45, 2.75) is 19.7 Å². The van der Waals surface area contributed by atoms with Crippen molar-refractivity contribution >= 4 is 40.8 Å². The second kappa shape index (κ2) is 10.7. The second-order valence-electron chi connectivity index (χ2n) is 5.76. The largest absolute Gasteiger partial charge is 0.434 e. The van der Waals surface area contributed by atoms with E-state index in [-0.39, 0.29) is 29.7 Å². The van der Waals surface area contributed by atoms with E-state index in [9.17, 15) is 8.78 Å². The molecule has 1 aromatic heterocycles. The monoisotopic (exact) mass is 498 g/mol. The predicted molar refractivity (Wildman–Crippen MR) is 117 cm³/mol. The van der Waals surface area contributed by atoms with Gasteiger partial charge in [0, 0.05) is 37.3 Å². The third kappa shape index (κ3) is 5.75. The van der Waals surface area contributed by atoms with E-state index in [0.29, 0.717) is 24.6 Å². The van der Waals surface area contributed by atoms with Gasteiger partial charge in [-0.3, -0.25) is 9.98 Å². The van der Waals surface area contributed by atoms with Gasteiger partial charge in [0.05, 0.1) is 5.52 Å². The molecule has 0 aliphatic heterocycles. The van der Waals surface area contributed by atoms with Crippen molar-refractivity contribution in [2.24, 2.45) is 4.99 Å². The third-order valence-electron chi connectivity index (χ3n) is 4.02. The summed E-state index contributed by atoms with van der Waals surface area (Å²) < 4.78 is 29.6. The number of benzene rings is 2. The van der Waals surface area contributed by atoms with Crippen LogP contribution in [-0.4, -0.2) is 24.6 Å². The van der Waals surface area contributed by atoms with E-state index in [0.717, 1.165) is 16.5 Å². The maximum Gasteiger partial charge on any atom is 0.387 e. The molecule has 1 heterocycles. The highest BCUT2D eigenvalue weighted by atomic mass is 127. The standard InChI is InChI=1S/C20H20F2N4O.HI/c1-23-20(25-12-15-6-2-3-10-17(15)27-19(21)22)26-13-16-8-4-7-14-9-5-11-24-18(14)16;/h2-11,19H,12-13H2,1H3,(H2,23,25,26);1H. The molecule has 148 valence electrons. The Morgan fingerprint density at radius 2 is 1.68 bits per heavy atom. The zero-order valence-corrected chi connectivity index (χ0v) is 17.6. The number of halogens is 3. The molecule has 0 unspecified atom stereocenters. The smallest absolute Gasteiger partial charge is 0.387 e. The van der Waals surface area contributed by atoms with Gasteiger partial charge in [0.15, 0.2) is 5.96 Å². The lowest BCUT2D eigenvalue weighted by molar-refractivity contribution is -0.0504. The first-order valence-electron chi connectivity index (χ1n) is 8.47. The van der Waals surface area contributed by atoms with E-state index in [1.165, 1.54) is 6.07 Å². The average Bonchev–Trinajstić information content (AvgIpc) is 2.69. The topological polar surface area (TPSA) is 58.5 Å². The molecule has 0 atom stereocenters. The van der Waals surface area contributed by atoms with Crippen LogP contribution < -0.4 is 15.4 Å². The van der Waals surface area contributed by atoms with Crippen molar-refractivity contribution in [3.8, 4) is 5.75 Å². The van der Waals surface area contributed by atoms with Crippen molar-refractivity contribution in [1.82, 2.24) is 15.6 Å². The first kappa shape index (κ1) is 21.8. The van der Waals surface area contributed by atoms with Crippen LogP contribution >= 0.6 is 24.0 Å². The molecular formula is C20H21F2IN4O. The SMILES string of the molecule is CN=C(NCc1ccccc1OC(F)F)NCc1cccc2cccnc12.I. The minimum absolute atomic E-state index is 0. The van der Waals surface area contributed by atoms with Gasteiger partial charge in [-0.2, -0.15) is 8.78 Å². The van der Waals surface area contributed by atoms with Crippen LogP contribution in [0.5, 0.6) is 5.75 Å². The molecule has 0 radical (unpaired) electrons. The van der Waals surface area contributed by atoms with Gasteiger partial charge in [-0.05, 0) is 17.7 Å². The van der Waals surface area contributed by atoms with Crippen LogP contribution in [0.15, 0.2) is 65.8 Å². The van der Waals surface area contributed by atoms with Gasteiger partial charge >= 0.3 is 6.61 Å². The lowest BCUT2D eigenvalue weighted by Crippen LogP contribution is -2.36. The fourth-order valence-electron chi connectivity index (χ4n) is 2.75. The van der Waals surface area contributed by atoms with Crippen molar-refractivity contribution in [3.05, 3.63) is 71.9 Å². The maximum atomic E-state index is 12.5. The van der Waals surface area contributed by atoms with Crippen LogP contribution in [0.3, 0.4) is 0 Å². The van der Waals surface area contributed by atoms with Gasteiger partial charge in [0.25, 0.3) is 0 Å². The second-order valence-corrected chi connectivity index (χ2v) is 5.76. The van der Waals surface area contributed by atoms with Crippen molar-refractivity contribution < 1.29 is 13.5 Å². The van der Waals surface area contributed by atoms with Gasteiger partial charge in [-0.1, -0.05) is 42.5 Å². The Balaban J connectivity index is 0.00000280. The number of rotatable bonds is 6. The van der Waals surface area contributed by atoms with Gasteiger partial charge in [0.2, 0.25) is 0 Å². The Kier molecular flexibility index (Phi) is 8.37. The summed E-state index contributed by atoms with van der Waals surface area (Å²) in [6.45, 7) is -2.03. The van der Waals surface area contributed by atoms with Crippen LogP contribution in [0.1, 0.15) is 11.1 Å². The van der Waals surface area contributed by atoms with Gasteiger partial charge < -0.3 is 15.4 Å². The molecule has 5 nitrogen and oxygen atoms in total. The fourth-order valence-corrected chi connectivity index (χ4v) is 2.75. The van der Waals surface area contributed by atoms with Crippen LogP contribution in [0.25, 0.3) is 10.9 Å². The van der Waals surface area contributed by atoms with Gasteiger partial charge in [-0.25, -0.2) is 0 Å². The van der Waals surface area contributed by atoms with Crippen molar-refractivity contribution in [2.75, 3.05) is 7.05 Å². The number of nitrogens with zero attached hydrogens (tertiary/aromatic N) is 2. The summed E-state index contributed by atoms with van der Waals surface area (Å²) in [5, 5.41) is 7.40. The normalized spacial score (nSPS) is 11.2. The lowest BCUT2D eigenvalue weighted by Gasteiger charge is -2.15. The van der Waals surface area contributed by atoms with Gasteiger partial charge in [0.1, 0.15) is 5.75 Å². The lowest BCUT2D eigenvalue weighted by atomic mass is 10.1. The number of aromatic nitrogens is 1. The summed E-state index contributed by atoms with van der Waals surface area (Å²) in [5.74, 6) is 0.698. The molecule has 0 fully saturated rings. The molecule has 28 heavy (non-hydrogen) atoms. The molecule has 3 aromatic rings. The van der Waals surface area contributed by atoms with E-state index in [2.05, 4.69) is 25.3 Å². The number of alkyl halides is 2. The summed E-state index contributed by atoms with van der Waals surface area (Å²) in [5.41, 5.74) is 2.59. The quantitative estimate of drug-likeness (QED) is 0.302. The van der Waals surface area contributed by atoms with Crippen molar-refractivity contribution in [1.29, 1.82) is 0 Å². The number of pyridine rings is 1. The molecule has 3 rings (SSSR count). The molecule has 8 heteroatoms. The minimum atomic E-state index is -2.86. The predicted octanol–water partition coefficient (Wildman–Crippen LogP) is 4.32. The summed E-state index contributed by atoms with van der Waals surface area (Å²) >= 11 is 0. The van der Waals surface area contributed by atoms with Crippen molar-refractivity contribution in [3.63, 3.8) is 0 Å². The number of guanidine groups is 1. The number of aliphatic imine (C=N–C) groups is 1. The van der Waals surface area contributed by atoms with E-state index in [1.54, 1.807) is 31.4 Å². The molecule has 0 bridgehead atoms. The first-order chi connectivity index (χ1) is 13.2. The van der Waals surface area contributed by atoms with E-state index in [4.69, 9.17) is 0 Å². The number of hydrogen-bond donors (Lipinski definition) is 2. The van der Waals surface area contributed by atoms with Crippen LogP contribution in [-0.2, 0) is 13.1 Å². The number of para-hydroxylation sites is 2. The first-order valence-corrected chi connectivity index (χ1v) is 8.47. The summed E-state index contributed by atoms with van der Waals surface area (Å²) in [6, 6.07) is 16.6. The molecule has 2 N–H and O–H groups in total. The Bertz CT molecular complexity index is 931.